The van der Waals surface area contributed by atoms with Crippen LogP contribution in [0.15, 0.2) is 30.3 Å². The van der Waals surface area contributed by atoms with Gasteiger partial charge in [0.25, 0.3) is 0 Å². The van der Waals surface area contributed by atoms with Crippen LogP contribution in [0.4, 0.5) is 0 Å². The summed E-state index contributed by atoms with van der Waals surface area (Å²) in [5.74, 6) is -0.522. The van der Waals surface area contributed by atoms with Crippen LogP contribution in [-0.4, -0.2) is 17.3 Å². The minimum atomic E-state index is -0.804. The monoisotopic (exact) mass is 291 g/mol. The van der Waals surface area contributed by atoms with Crippen molar-refractivity contribution in [3.8, 4) is 0 Å². The third-order valence-electron chi connectivity index (χ3n) is 2.18. The van der Waals surface area contributed by atoms with Gasteiger partial charge in [0.2, 0.25) is 5.24 Å². The van der Waals surface area contributed by atoms with Gasteiger partial charge in [0.05, 0.1) is 0 Å². The number of carbonyl (C=O) groups excluding carboxylic acids is 2. The van der Waals surface area contributed by atoms with Gasteiger partial charge in [-0.05, 0) is 23.6 Å². The molecule has 6 heteroatoms. The van der Waals surface area contributed by atoms with Gasteiger partial charge in [-0.2, -0.15) is 0 Å². The van der Waals surface area contributed by atoms with Crippen molar-refractivity contribution >= 4 is 35.2 Å². The second-order valence-corrected chi connectivity index (χ2v) is 4.02. The Balaban J connectivity index is 0.00000289. The molecule has 2 N–H and O–H groups in total. The lowest BCUT2D eigenvalue weighted by Gasteiger charge is -2.10. The van der Waals surface area contributed by atoms with Crippen LogP contribution in [-0.2, 0) is 20.9 Å². The summed E-state index contributed by atoms with van der Waals surface area (Å²) in [5.41, 5.74) is 6.43. The van der Waals surface area contributed by atoms with Gasteiger partial charge in [0.15, 0.2) is 0 Å². The molecule has 0 heterocycles. The minimum absolute atomic E-state index is 0. The molecule has 1 atom stereocenters. The Morgan fingerprint density at radius 2 is 1.89 bits per heavy atom. The molecular formula is C12H15Cl2NO3. The quantitative estimate of drug-likeness (QED) is 0.643. The molecule has 0 aromatic heterocycles. The van der Waals surface area contributed by atoms with Gasteiger partial charge in [-0.1, -0.05) is 30.3 Å². The molecular weight excluding hydrogens is 277 g/mol. The predicted octanol–water partition coefficient (Wildman–Crippen LogP) is 2.02. The molecule has 1 aromatic rings. The zero-order valence-electron chi connectivity index (χ0n) is 9.67. The molecule has 1 rings (SSSR count). The van der Waals surface area contributed by atoms with Crippen LogP contribution in [0.25, 0.3) is 0 Å². The Morgan fingerprint density at radius 1 is 1.28 bits per heavy atom. The summed E-state index contributed by atoms with van der Waals surface area (Å²) in [6.07, 6.45) is 0.277. The molecule has 4 nitrogen and oxygen atoms in total. The Bertz CT molecular complexity index is 384. The molecule has 0 amide bonds. The van der Waals surface area contributed by atoms with Gasteiger partial charge >= 0.3 is 5.97 Å². The highest BCUT2D eigenvalue weighted by Gasteiger charge is 2.15. The smallest absolute Gasteiger partial charge is 0.323 e. The van der Waals surface area contributed by atoms with Crippen molar-refractivity contribution in [2.24, 2.45) is 5.73 Å². The van der Waals surface area contributed by atoms with Gasteiger partial charge in [-0.3, -0.25) is 9.59 Å². The lowest BCUT2D eigenvalue weighted by Crippen LogP contribution is -2.32. The predicted molar refractivity (Wildman–Crippen MR) is 71.6 cm³/mol. The number of esters is 1. The maximum Gasteiger partial charge on any atom is 0.323 e. The molecule has 0 saturated carbocycles. The molecule has 0 radical (unpaired) electrons. The Hall–Kier alpha value is -1.10. The first kappa shape index (κ1) is 16.9. The van der Waals surface area contributed by atoms with Crippen LogP contribution >= 0.6 is 24.0 Å². The van der Waals surface area contributed by atoms with E-state index < -0.39 is 17.3 Å². The highest BCUT2D eigenvalue weighted by molar-refractivity contribution is 6.63. The van der Waals surface area contributed by atoms with E-state index in [1.165, 1.54) is 0 Å². The summed E-state index contributed by atoms with van der Waals surface area (Å²) in [5, 5.41) is -0.503. The third-order valence-corrected chi connectivity index (χ3v) is 2.37. The summed E-state index contributed by atoms with van der Waals surface area (Å²) in [7, 11) is 0. The third kappa shape index (κ3) is 6.59. The first-order valence-corrected chi connectivity index (χ1v) is 5.62. The summed E-state index contributed by atoms with van der Waals surface area (Å²) >= 11 is 5.15. The first-order chi connectivity index (χ1) is 8.09. The van der Waals surface area contributed by atoms with E-state index in [9.17, 15) is 9.59 Å². The number of halogens is 2. The molecule has 0 fully saturated rings. The molecule has 0 bridgehead atoms. The Labute approximate surface area is 117 Å². The first-order valence-electron chi connectivity index (χ1n) is 5.24. The summed E-state index contributed by atoms with van der Waals surface area (Å²) in [6.45, 7) is 0.183. The fourth-order valence-electron chi connectivity index (χ4n) is 1.22. The van der Waals surface area contributed by atoms with Gasteiger partial charge in [0, 0.05) is 6.42 Å². The van der Waals surface area contributed by atoms with E-state index in [0.717, 1.165) is 5.56 Å². The highest BCUT2D eigenvalue weighted by Crippen LogP contribution is 2.04. The number of rotatable bonds is 6. The average Bonchev–Trinajstić information content (AvgIpc) is 2.34. The number of hydrogen-bond acceptors (Lipinski definition) is 4. The number of hydrogen-bond donors (Lipinski definition) is 1. The highest BCUT2D eigenvalue weighted by atomic mass is 35.5. The fourth-order valence-corrected chi connectivity index (χ4v) is 1.33. The molecule has 18 heavy (non-hydrogen) atoms. The van der Waals surface area contributed by atoms with Crippen LogP contribution in [0.1, 0.15) is 18.4 Å². The number of ether oxygens (including phenoxy) is 1. The van der Waals surface area contributed by atoms with Crippen molar-refractivity contribution in [1.82, 2.24) is 0 Å². The van der Waals surface area contributed by atoms with Crippen molar-refractivity contribution in [2.45, 2.75) is 25.5 Å². The van der Waals surface area contributed by atoms with E-state index in [1.54, 1.807) is 0 Å². The average molecular weight is 292 g/mol. The molecule has 1 aromatic carbocycles. The fraction of sp³-hybridized carbons (Fsp3) is 0.333. The van der Waals surface area contributed by atoms with Crippen molar-refractivity contribution in [1.29, 1.82) is 0 Å². The topological polar surface area (TPSA) is 69.4 Å². The van der Waals surface area contributed by atoms with Crippen LogP contribution < -0.4 is 5.73 Å². The van der Waals surface area contributed by atoms with E-state index >= 15 is 0 Å². The largest absolute Gasteiger partial charge is 0.460 e. The number of benzene rings is 1. The normalized spacial score (nSPS) is 11.2. The van der Waals surface area contributed by atoms with E-state index in [1.807, 2.05) is 30.3 Å². The molecule has 0 aliphatic heterocycles. The number of nitrogens with two attached hydrogens (primary N) is 1. The van der Waals surface area contributed by atoms with Crippen molar-refractivity contribution in [3.05, 3.63) is 35.9 Å². The van der Waals surface area contributed by atoms with Gasteiger partial charge in [-0.25, -0.2) is 0 Å². The molecule has 100 valence electrons. The lowest BCUT2D eigenvalue weighted by atomic mass is 10.2. The van der Waals surface area contributed by atoms with Crippen LogP contribution in [0, 0.1) is 0 Å². The SMILES string of the molecule is Cl.N[C@@H](CCC(=O)Cl)C(=O)OCc1ccccc1. The van der Waals surface area contributed by atoms with E-state index in [4.69, 9.17) is 22.1 Å². The summed E-state index contributed by atoms with van der Waals surface area (Å²) in [4.78, 5) is 21.9. The summed E-state index contributed by atoms with van der Waals surface area (Å²) < 4.78 is 5.00. The molecule has 0 saturated heterocycles. The van der Waals surface area contributed by atoms with Crippen molar-refractivity contribution in [3.63, 3.8) is 0 Å². The van der Waals surface area contributed by atoms with Crippen LogP contribution in [0.2, 0.25) is 0 Å². The van der Waals surface area contributed by atoms with Crippen molar-refractivity contribution < 1.29 is 14.3 Å². The second-order valence-electron chi connectivity index (χ2n) is 3.59. The second kappa shape index (κ2) is 8.91. The zero-order chi connectivity index (χ0) is 12.7. The summed E-state index contributed by atoms with van der Waals surface area (Å²) in [6, 6.07) is 8.48. The van der Waals surface area contributed by atoms with E-state index in [2.05, 4.69) is 0 Å². The molecule has 0 spiro atoms. The van der Waals surface area contributed by atoms with Crippen LogP contribution in [0.3, 0.4) is 0 Å². The maximum atomic E-state index is 11.4. The minimum Gasteiger partial charge on any atom is -0.460 e. The zero-order valence-corrected chi connectivity index (χ0v) is 11.2. The van der Waals surface area contributed by atoms with Crippen LogP contribution in [0.5, 0.6) is 0 Å². The van der Waals surface area contributed by atoms with E-state index in [0.29, 0.717) is 0 Å². The molecule has 0 aliphatic rings. The molecule has 0 aliphatic carbocycles. The Kier molecular flexibility index (Phi) is 8.37. The van der Waals surface area contributed by atoms with Crippen molar-refractivity contribution in [2.75, 3.05) is 0 Å². The van der Waals surface area contributed by atoms with Gasteiger partial charge in [0.1, 0.15) is 12.6 Å². The van der Waals surface area contributed by atoms with Gasteiger partial charge < -0.3 is 10.5 Å². The lowest BCUT2D eigenvalue weighted by molar-refractivity contribution is -0.146. The Morgan fingerprint density at radius 3 is 2.44 bits per heavy atom. The standard InChI is InChI=1S/C12H14ClNO3.ClH/c13-11(15)7-6-10(14)12(16)17-8-9-4-2-1-3-5-9;/h1-5,10H,6-8,14H2;1H/t10-;/m0./s1. The maximum absolute atomic E-state index is 11.4. The number of carbonyl (C=O) groups is 2. The van der Waals surface area contributed by atoms with Gasteiger partial charge in [-0.15, -0.1) is 12.4 Å². The van der Waals surface area contributed by atoms with E-state index in [-0.39, 0.29) is 31.9 Å². The molecule has 0 unspecified atom stereocenters.